The lowest BCUT2D eigenvalue weighted by Crippen LogP contribution is -2.50. The first-order valence-corrected chi connectivity index (χ1v) is 7.02. The average molecular weight is 290 g/mol. The number of hydrogen-bond acceptors (Lipinski definition) is 4. The zero-order valence-corrected chi connectivity index (χ0v) is 12.8. The molecule has 0 saturated carbocycles. The van der Waals surface area contributed by atoms with Crippen molar-refractivity contribution in [3.63, 3.8) is 0 Å². The van der Waals surface area contributed by atoms with Gasteiger partial charge in [0.2, 0.25) is 5.91 Å². The number of piperazine rings is 1. The van der Waals surface area contributed by atoms with Crippen molar-refractivity contribution in [2.24, 2.45) is 0 Å². The van der Waals surface area contributed by atoms with Crippen LogP contribution in [-0.2, 0) is 4.79 Å². The Balaban J connectivity index is 2.07. The summed E-state index contributed by atoms with van der Waals surface area (Å²) < 4.78 is 0. The van der Waals surface area contributed by atoms with Gasteiger partial charge in [-0.15, -0.1) is 0 Å². The van der Waals surface area contributed by atoms with Crippen LogP contribution in [0.1, 0.15) is 17.3 Å². The SMILES string of the molecule is CC(=O)N1CCN(C(=O)c2ccc(N(C)C)c(N)c2)CC1. The van der Waals surface area contributed by atoms with Gasteiger partial charge in [0.25, 0.3) is 5.91 Å². The summed E-state index contributed by atoms with van der Waals surface area (Å²) in [4.78, 5) is 29.2. The summed E-state index contributed by atoms with van der Waals surface area (Å²) in [7, 11) is 3.82. The van der Waals surface area contributed by atoms with Crippen molar-refractivity contribution in [3.05, 3.63) is 23.8 Å². The first kappa shape index (κ1) is 15.2. The van der Waals surface area contributed by atoms with Crippen LogP contribution in [0.25, 0.3) is 0 Å². The molecule has 0 aliphatic carbocycles. The van der Waals surface area contributed by atoms with Gasteiger partial charge in [-0.25, -0.2) is 0 Å². The van der Waals surface area contributed by atoms with Gasteiger partial charge >= 0.3 is 0 Å². The second-order valence-corrected chi connectivity index (χ2v) is 5.47. The Bertz CT molecular complexity index is 549. The third-order valence-electron chi connectivity index (χ3n) is 3.77. The van der Waals surface area contributed by atoms with E-state index < -0.39 is 0 Å². The molecular weight excluding hydrogens is 268 g/mol. The lowest BCUT2D eigenvalue weighted by molar-refractivity contribution is -0.130. The number of benzene rings is 1. The van der Waals surface area contributed by atoms with Crippen molar-refractivity contribution in [3.8, 4) is 0 Å². The fourth-order valence-electron chi connectivity index (χ4n) is 2.50. The number of carbonyl (C=O) groups is 2. The Morgan fingerprint density at radius 2 is 1.67 bits per heavy atom. The summed E-state index contributed by atoms with van der Waals surface area (Å²) in [6.07, 6.45) is 0. The number of hydrogen-bond donors (Lipinski definition) is 1. The molecule has 0 atom stereocenters. The third-order valence-corrected chi connectivity index (χ3v) is 3.77. The first-order chi connectivity index (χ1) is 9.90. The van der Waals surface area contributed by atoms with Crippen molar-refractivity contribution in [2.75, 3.05) is 50.9 Å². The van der Waals surface area contributed by atoms with Gasteiger partial charge in [0.05, 0.1) is 11.4 Å². The molecule has 0 spiro atoms. The van der Waals surface area contributed by atoms with Crippen LogP contribution in [0.5, 0.6) is 0 Å². The van der Waals surface area contributed by atoms with Crippen molar-refractivity contribution >= 4 is 23.2 Å². The molecule has 114 valence electrons. The van der Waals surface area contributed by atoms with Crippen LogP contribution in [0, 0.1) is 0 Å². The standard InChI is InChI=1S/C15H22N4O2/c1-11(20)18-6-8-19(9-7-18)15(21)12-4-5-14(17(2)3)13(16)10-12/h4-5,10H,6-9,16H2,1-3H3. The average Bonchev–Trinajstić information content (AvgIpc) is 2.46. The molecule has 0 aromatic heterocycles. The zero-order valence-electron chi connectivity index (χ0n) is 12.8. The van der Waals surface area contributed by atoms with Crippen LogP contribution in [-0.4, -0.2) is 61.9 Å². The number of carbonyl (C=O) groups excluding carboxylic acids is 2. The zero-order chi connectivity index (χ0) is 15.6. The van der Waals surface area contributed by atoms with E-state index >= 15 is 0 Å². The molecule has 1 heterocycles. The number of anilines is 2. The topological polar surface area (TPSA) is 69.9 Å². The molecule has 1 aliphatic rings. The van der Waals surface area contributed by atoms with Gasteiger partial charge in [0, 0.05) is 52.8 Å². The molecule has 6 nitrogen and oxygen atoms in total. The van der Waals surface area contributed by atoms with Gasteiger partial charge < -0.3 is 20.4 Å². The van der Waals surface area contributed by atoms with Crippen LogP contribution < -0.4 is 10.6 Å². The number of amides is 2. The van der Waals surface area contributed by atoms with E-state index in [-0.39, 0.29) is 11.8 Å². The van der Waals surface area contributed by atoms with E-state index in [0.717, 1.165) is 5.69 Å². The van der Waals surface area contributed by atoms with Crippen molar-refractivity contribution < 1.29 is 9.59 Å². The minimum atomic E-state index is -0.0322. The van der Waals surface area contributed by atoms with Gasteiger partial charge in [-0.1, -0.05) is 0 Å². The van der Waals surface area contributed by atoms with Crippen molar-refractivity contribution in [1.82, 2.24) is 9.80 Å². The molecule has 1 saturated heterocycles. The third kappa shape index (κ3) is 3.26. The lowest BCUT2D eigenvalue weighted by Gasteiger charge is -2.34. The Hall–Kier alpha value is -2.24. The van der Waals surface area contributed by atoms with E-state index in [9.17, 15) is 9.59 Å². The van der Waals surface area contributed by atoms with Gasteiger partial charge in [-0.3, -0.25) is 9.59 Å². The summed E-state index contributed by atoms with van der Waals surface area (Å²) in [6, 6.07) is 5.37. The van der Waals surface area contributed by atoms with Crippen molar-refractivity contribution in [2.45, 2.75) is 6.92 Å². The van der Waals surface area contributed by atoms with Crippen LogP contribution in [0.15, 0.2) is 18.2 Å². The second-order valence-electron chi connectivity index (χ2n) is 5.47. The summed E-state index contributed by atoms with van der Waals surface area (Å²) in [5.41, 5.74) is 8.07. The molecule has 1 aliphatic heterocycles. The molecule has 1 aromatic carbocycles. The Labute approximate surface area is 125 Å². The fraction of sp³-hybridized carbons (Fsp3) is 0.467. The molecule has 6 heteroatoms. The molecule has 0 bridgehead atoms. The van der Waals surface area contributed by atoms with E-state index in [1.165, 1.54) is 0 Å². The van der Waals surface area contributed by atoms with Gasteiger partial charge in [0.15, 0.2) is 0 Å². The maximum Gasteiger partial charge on any atom is 0.254 e. The van der Waals surface area contributed by atoms with Crippen LogP contribution >= 0.6 is 0 Å². The summed E-state index contributed by atoms with van der Waals surface area (Å²) in [5.74, 6) is 0.0249. The summed E-state index contributed by atoms with van der Waals surface area (Å²) in [6.45, 7) is 3.86. The highest BCUT2D eigenvalue weighted by Crippen LogP contribution is 2.23. The van der Waals surface area contributed by atoms with E-state index in [1.54, 1.807) is 28.9 Å². The fourth-order valence-corrected chi connectivity index (χ4v) is 2.50. The highest BCUT2D eigenvalue weighted by atomic mass is 16.2. The Morgan fingerprint density at radius 1 is 1.10 bits per heavy atom. The smallest absolute Gasteiger partial charge is 0.254 e. The maximum atomic E-state index is 12.5. The molecular formula is C15H22N4O2. The minimum Gasteiger partial charge on any atom is -0.397 e. The number of nitrogen functional groups attached to an aromatic ring is 1. The molecule has 0 unspecified atom stereocenters. The predicted molar refractivity (Wildman–Crippen MR) is 83.3 cm³/mol. The van der Waals surface area contributed by atoms with Crippen molar-refractivity contribution in [1.29, 1.82) is 0 Å². The van der Waals surface area contributed by atoms with E-state index in [0.29, 0.717) is 37.4 Å². The van der Waals surface area contributed by atoms with E-state index in [1.807, 2.05) is 25.1 Å². The molecule has 2 N–H and O–H groups in total. The number of nitrogens with zero attached hydrogens (tertiary/aromatic N) is 3. The largest absolute Gasteiger partial charge is 0.397 e. The molecule has 2 rings (SSSR count). The Morgan fingerprint density at radius 3 is 2.14 bits per heavy atom. The highest BCUT2D eigenvalue weighted by Gasteiger charge is 2.23. The quantitative estimate of drug-likeness (QED) is 0.812. The van der Waals surface area contributed by atoms with Gasteiger partial charge in [0.1, 0.15) is 0 Å². The molecule has 0 radical (unpaired) electrons. The highest BCUT2D eigenvalue weighted by molar-refractivity contribution is 5.96. The maximum absolute atomic E-state index is 12.5. The molecule has 21 heavy (non-hydrogen) atoms. The Kier molecular flexibility index (Phi) is 4.35. The predicted octanol–water partition coefficient (Wildman–Crippen LogP) is 0.639. The molecule has 1 aromatic rings. The van der Waals surface area contributed by atoms with E-state index in [2.05, 4.69) is 0 Å². The van der Waals surface area contributed by atoms with E-state index in [4.69, 9.17) is 5.73 Å². The molecule has 1 fully saturated rings. The number of nitrogens with two attached hydrogens (primary N) is 1. The summed E-state index contributed by atoms with van der Waals surface area (Å²) in [5, 5.41) is 0. The summed E-state index contributed by atoms with van der Waals surface area (Å²) >= 11 is 0. The monoisotopic (exact) mass is 290 g/mol. The van der Waals surface area contributed by atoms with Gasteiger partial charge in [-0.2, -0.15) is 0 Å². The molecule has 2 amide bonds. The van der Waals surface area contributed by atoms with Gasteiger partial charge in [-0.05, 0) is 18.2 Å². The van der Waals surface area contributed by atoms with Crippen LogP contribution in [0.2, 0.25) is 0 Å². The van der Waals surface area contributed by atoms with Crippen LogP contribution in [0.3, 0.4) is 0 Å². The normalized spacial score (nSPS) is 15.0. The number of rotatable bonds is 2. The van der Waals surface area contributed by atoms with Crippen LogP contribution in [0.4, 0.5) is 11.4 Å². The minimum absolute atomic E-state index is 0.0322. The lowest BCUT2D eigenvalue weighted by atomic mass is 10.1. The second kappa shape index (κ2) is 6.03. The first-order valence-electron chi connectivity index (χ1n) is 7.02.